The first-order valence-corrected chi connectivity index (χ1v) is 7.93. The zero-order valence-electron chi connectivity index (χ0n) is 12.4. The van der Waals surface area contributed by atoms with Crippen molar-refractivity contribution in [2.75, 3.05) is 19.7 Å². The van der Waals surface area contributed by atoms with Crippen LogP contribution in [0.1, 0.15) is 24.8 Å². The van der Waals surface area contributed by atoms with Crippen LogP contribution in [0.5, 0.6) is 0 Å². The monoisotopic (exact) mass is 324 g/mol. The number of ether oxygens (including phenoxy) is 1. The van der Waals surface area contributed by atoms with Gasteiger partial charge in [0.25, 0.3) is 0 Å². The molecule has 0 saturated carbocycles. The molecule has 1 atom stereocenters. The summed E-state index contributed by atoms with van der Waals surface area (Å²) in [6.45, 7) is 1.50. The third-order valence-corrected chi connectivity index (χ3v) is 3.77. The van der Waals surface area contributed by atoms with Crippen molar-refractivity contribution in [2.45, 2.75) is 31.8 Å². The molecule has 2 rings (SSSR count). The van der Waals surface area contributed by atoms with Crippen molar-refractivity contribution in [1.29, 1.82) is 0 Å². The molecule has 1 saturated heterocycles. The van der Waals surface area contributed by atoms with Crippen molar-refractivity contribution in [3.63, 3.8) is 0 Å². The van der Waals surface area contributed by atoms with Gasteiger partial charge in [0.1, 0.15) is 6.10 Å². The first kappa shape index (κ1) is 16.8. The lowest BCUT2D eigenvalue weighted by atomic mass is 10.1. The smallest absolute Gasteiger partial charge is 0.249 e. The van der Waals surface area contributed by atoms with Gasteiger partial charge in [-0.3, -0.25) is 9.59 Å². The predicted molar refractivity (Wildman–Crippen MR) is 84.8 cm³/mol. The Bertz CT molecular complexity index is 499. The van der Waals surface area contributed by atoms with Crippen LogP contribution in [0.15, 0.2) is 24.3 Å². The van der Waals surface area contributed by atoms with Gasteiger partial charge in [0.2, 0.25) is 11.8 Å². The highest BCUT2D eigenvalue weighted by atomic mass is 35.5. The molecular formula is C16H21ClN2O3. The summed E-state index contributed by atoms with van der Waals surface area (Å²) in [5.74, 6) is -0.116. The number of halogens is 1. The minimum Gasteiger partial charge on any atom is -0.368 e. The van der Waals surface area contributed by atoms with Crippen LogP contribution in [-0.2, 0) is 20.7 Å². The Morgan fingerprint density at radius 2 is 1.91 bits per heavy atom. The molecule has 0 aliphatic carbocycles. The number of hydrogen-bond acceptors (Lipinski definition) is 3. The van der Waals surface area contributed by atoms with Gasteiger partial charge in [0.15, 0.2) is 0 Å². The average molecular weight is 325 g/mol. The second kappa shape index (κ2) is 8.76. The number of benzene rings is 1. The van der Waals surface area contributed by atoms with Crippen LogP contribution in [0, 0.1) is 0 Å². The lowest BCUT2D eigenvalue weighted by Crippen LogP contribution is -2.39. The maximum atomic E-state index is 11.7. The number of rotatable bonds is 7. The summed E-state index contributed by atoms with van der Waals surface area (Å²) in [7, 11) is 0. The van der Waals surface area contributed by atoms with E-state index in [-0.39, 0.29) is 17.9 Å². The predicted octanol–water partition coefficient (Wildman–Crippen LogP) is 1.68. The Balaban J connectivity index is 1.55. The van der Waals surface area contributed by atoms with Crippen molar-refractivity contribution >= 4 is 23.4 Å². The second-order valence-electron chi connectivity index (χ2n) is 5.27. The molecule has 1 aliphatic rings. The molecule has 2 N–H and O–H groups in total. The normalized spacial score (nSPS) is 17.2. The molecule has 1 aliphatic heterocycles. The molecule has 0 bridgehead atoms. The molecule has 1 fully saturated rings. The summed E-state index contributed by atoms with van der Waals surface area (Å²) in [6, 6.07) is 7.46. The standard InChI is InChI=1S/C16H21ClN2O3/c17-13-6-3-12(4-7-13)5-8-15(20)18-9-10-19-16(21)14-2-1-11-22-14/h3-4,6-7,14H,1-2,5,8-11H2,(H,18,20)(H,19,21). The number of nitrogens with one attached hydrogen (secondary N) is 2. The van der Waals surface area contributed by atoms with Crippen molar-refractivity contribution in [3.8, 4) is 0 Å². The zero-order valence-corrected chi connectivity index (χ0v) is 13.2. The fourth-order valence-corrected chi connectivity index (χ4v) is 2.41. The van der Waals surface area contributed by atoms with E-state index in [1.54, 1.807) is 0 Å². The van der Waals surface area contributed by atoms with Crippen LogP contribution >= 0.6 is 11.6 Å². The average Bonchev–Trinajstić information content (AvgIpc) is 3.05. The fourth-order valence-electron chi connectivity index (χ4n) is 2.28. The summed E-state index contributed by atoms with van der Waals surface area (Å²) in [5, 5.41) is 6.25. The molecule has 1 aromatic carbocycles. The van der Waals surface area contributed by atoms with Crippen LogP contribution in [0.4, 0.5) is 0 Å². The molecule has 0 radical (unpaired) electrons. The van der Waals surface area contributed by atoms with E-state index in [0.29, 0.717) is 37.6 Å². The largest absolute Gasteiger partial charge is 0.368 e. The first-order chi connectivity index (χ1) is 10.6. The topological polar surface area (TPSA) is 67.4 Å². The molecule has 5 nitrogen and oxygen atoms in total. The summed E-state index contributed by atoms with van der Waals surface area (Å²) < 4.78 is 5.28. The molecule has 22 heavy (non-hydrogen) atoms. The second-order valence-corrected chi connectivity index (χ2v) is 5.71. The van der Waals surface area contributed by atoms with E-state index in [2.05, 4.69) is 10.6 Å². The highest BCUT2D eigenvalue weighted by Gasteiger charge is 2.22. The summed E-state index contributed by atoms with van der Waals surface area (Å²) >= 11 is 5.81. The van der Waals surface area contributed by atoms with E-state index in [1.807, 2.05) is 24.3 Å². The minimum atomic E-state index is -0.319. The van der Waals surface area contributed by atoms with E-state index in [9.17, 15) is 9.59 Å². The van der Waals surface area contributed by atoms with E-state index < -0.39 is 0 Å². The molecular weight excluding hydrogens is 304 g/mol. The van der Waals surface area contributed by atoms with Crippen LogP contribution in [0.3, 0.4) is 0 Å². The molecule has 0 aromatic heterocycles. The molecule has 2 amide bonds. The Labute approximate surface area is 135 Å². The lowest BCUT2D eigenvalue weighted by molar-refractivity contribution is -0.130. The van der Waals surface area contributed by atoms with E-state index in [1.165, 1.54) is 0 Å². The maximum Gasteiger partial charge on any atom is 0.249 e. The highest BCUT2D eigenvalue weighted by molar-refractivity contribution is 6.30. The number of hydrogen-bond donors (Lipinski definition) is 2. The lowest BCUT2D eigenvalue weighted by Gasteiger charge is -2.11. The van der Waals surface area contributed by atoms with E-state index >= 15 is 0 Å². The summed E-state index contributed by atoms with van der Waals surface area (Å²) in [5.41, 5.74) is 1.08. The molecule has 1 heterocycles. The fraction of sp³-hybridized carbons (Fsp3) is 0.500. The molecule has 6 heteroatoms. The van der Waals surface area contributed by atoms with Gasteiger partial charge in [-0.25, -0.2) is 0 Å². The van der Waals surface area contributed by atoms with Gasteiger partial charge in [0.05, 0.1) is 0 Å². The van der Waals surface area contributed by atoms with Crippen LogP contribution in [-0.4, -0.2) is 37.6 Å². The van der Waals surface area contributed by atoms with Crippen LogP contribution in [0.25, 0.3) is 0 Å². The Kier molecular flexibility index (Phi) is 6.68. The van der Waals surface area contributed by atoms with E-state index in [4.69, 9.17) is 16.3 Å². The van der Waals surface area contributed by atoms with Gasteiger partial charge in [0, 0.05) is 31.1 Å². The molecule has 1 aromatic rings. The Morgan fingerprint density at radius 3 is 2.59 bits per heavy atom. The zero-order chi connectivity index (χ0) is 15.8. The quantitative estimate of drug-likeness (QED) is 0.750. The first-order valence-electron chi connectivity index (χ1n) is 7.55. The number of carbonyl (C=O) groups excluding carboxylic acids is 2. The Morgan fingerprint density at radius 1 is 1.18 bits per heavy atom. The van der Waals surface area contributed by atoms with Crippen LogP contribution < -0.4 is 10.6 Å². The molecule has 1 unspecified atom stereocenters. The van der Waals surface area contributed by atoms with Crippen molar-refractivity contribution in [2.24, 2.45) is 0 Å². The van der Waals surface area contributed by atoms with Crippen molar-refractivity contribution in [3.05, 3.63) is 34.9 Å². The van der Waals surface area contributed by atoms with Crippen LogP contribution in [0.2, 0.25) is 5.02 Å². The van der Waals surface area contributed by atoms with Gasteiger partial charge in [-0.15, -0.1) is 0 Å². The third kappa shape index (κ3) is 5.66. The number of aryl methyl sites for hydroxylation is 1. The Hall–Kier alpha value is -1.59. The van der Waals surface area contributed by atoms with Gasteiger partial charge in [-0.2, -0.15) is 0 Å². The minimum absolute atomic E-state index is 0.0266. The van der Waals surface area contributed by atoms with Gasteiger partial charge in [-0.1, -0.05) is 23.7 Å². The van der Waals surface area contributed by atoms with Crippen molar-refractivity contribution < 1.29 is 14.3 Å². The van der Waals surface area contributed by atoms with Crippen molar-refractivity contribution in [1.82, 2.24) is 10.6 Å². The maximum absolute atomic E-state index is 11.7. The third-order valence-electron chi connectivity index (χ3n) is 3.52. The SMILES string of the molecule is O=C(CCc1ccc(Cl)cc1)NCCNC(=O)C1CCCO1. The van der Waals surface area contributed by atoms with Gasteiger partial charge >= 0.3 is 0 Å². The highest BCUT2D eigenvalue weighted by Crippen LogP contribution is 2.11. The number of amides is 2. The van der Waals surface area contributed by atoms with Gasteiger partial charge in [-0.05, 0) is 37.0 Å². The molecule has 0 spiro atoms. The summed E-state index contributed by atoms with van der Waals surface area (Å²) in [4.78, 5) is 23.4. The number of carbonyl (C=O) groups is 2. The summed E-state index contributed by atoms with van der Waals surface area (Å²) in [6.07, 6.45) is 2.48. The molecule has 120 valence electrons. The van der Waals surface area contributed by atoms with E-state index in [0.717, 1.165) is 18.4 Å². The van der Waals surface area contributed by atoms with Gasteiger partial charge < -0.3 is 15.4 Å².